The molecular formula is C19H18N4O3S2. The number of nitrogens with zero attached hydrogens (tertiary/aromatic N) is 3. The molecule has 0 unspecified atom stereocenters. The van der Waals surface area contributed by atoms with Gasteiger partial charge in [0.1, 0.15) is 21.9 Å². The number of likely N-dealkylation sites (N-methyl/N-ethyl adjacent to an activating group) is 1. The summed E-state index contributed by atoms with van der Waals surface area (Å²) < 4.78 is 5.40. The molecule has 0 bridgehead atoms. The van der Waals surface area contributed by atoms with Crippen LogP contribution in [0.3, 0.4) is 0 Å². The van der Waals surface area contributed by atoms with E-state index >= 15 is 0 Å². The predicted molar refractivity (Wildman–Crippen MR) is 111 cm³/mol. The number of hydrogen-bond donors (Lipinski definition) is 1. The predicted octanol–water partition coefficient (Wildman–Crippen LogP) is 3.48. The lowest BCUT2D eigenvalue weighted by Crippen LogP contribution is -2.35. The van der Waals surface area contributed by atoms with Crippen LogP contribution in [-0.2, 0) is 9.59 Å². The molecule has 144 valence electrons. The quantitative estimate of drug-likeness (QED) is 0.508. The Bertz CT molecular complexity index is 1070. The second-order valence-electron chi connectivity index (χ2n) is 6.33. The van der Waals surface area contributed by atoms with Gasteiger partial charge in [0, 0.05) is 35.2 Å². The molecule has 1 aliphatic heterocycles. The molecule has 0 atom stereocenters. The summed E-state index contributed by atoms with van der Waals surface area (Å²) >= 11 is 3.18. The van der Waals surface area contributed by atoms with Gasteiger partial charge in [-0.1, -0.05) is 0 Å². The third-order valence-electron chi connectivity index (χ3n) is 4.31. The number of thioether (sulfide) groups is 1. The van der Waals surface area contributed by atoms with Crippen LogP contribution in [0.15, 0.2) is 35.6 Å². The van der Waals surface area contributed by atoms with Gasteiger partial charge in [0.2, 0.25) is 5.91 Å². The molecule has 0 spiro atoms. The lowest BCUT2D eigenvalue weighted by atomic mass is 10.2. The van der Waals surface area contributed by atoms with Gasteiger partial charge in [-0.15, -0.1) is 23.1 Å². The van der Waals surface area contributed by atoms with Gasteiger partial charge in [0.15, 0.2) is 6.61 Å². The molecule has 3 heterocycles. The van der Waals surface area contributed by atoms with Gasteiger partial charge < -0.3 is 15.0 Å². The zero-order valence-electron chi connectivity index (χ0n) is 15.4. The Morgan fingerprint density at radius 2 is 2.21 bits per heavy atom. The summed E-state index contributed by atoms with van der Waals surface area (Å²) in [6, 6.07) is 7.36. The van der Waals surface area contributed by atoms with E-state index in [1.165, 1.54) is 9.78 Å². The summed E-state index contributed by atoms with van der Waals surface area (Å²) in [6.45, 7) is 2.08. The van der Waals surface area contributed by atoms with E-state index in [0.717, 1.165) is 15.2 Å². The summed E-state index contributed by atoms with van der Waals surface area (Å²) in [4.78, 5) is 36.4. The van der Waals surface area contributed by atoms with E-state index in [9.17, 15) is 9.59 Å². The molecule has 2 amide bonds. The number of rotatable bonds is 5. The summed E-state index contributed by atoms with van der Waals surface area (Å²) in [5.41, 5.74) is 1.29. The van der Waals surface area contributed by atoms with Crippen molar-refractivity contribution in [2.24, 2.45) is 0 Å². The van der Waals surface area contributed by atoms with E-state index in [1.807, 2.05) is 6.92 Å². The molecule has 1 aromatic carbocycles. The first-order chi connectivity index (χ1) is 13.5. The normalized spacial score (nSPS) is 13.4. The molecule has 0 aliphatic carbocycles. The van der Waals surface area contributed by atoms with Crippen LogP contribution in [0, 0.1) is 6.92 Å². The van der Waals surface area contributed by atoms with Crippen LogP contribution in [0.2, 0.25) is 0 Å². The maximum absolute atomic E-state index is 12.3. The average molecular weight is 415 g/mol. The SMILES string of the molecule is Cc1cc2c(SCCC(=O)Nc3ccc4c(c3)N(C)C(=O)CO4)ncnc2s1. The maximum atomic E-state index is 12.3. The number of fused-ring (bicyclic) bond motifs is 2. The number of carbonyl (C=O) groups excluding carboxylic acids is 2. The van der Waals surface area contributed by atoms with Crippen molar-refractivity contribution in [2.75, 3.05) is 29.6 Å². The first kappa shape index (κ1) is 18.7. The first-order valence-corrected chi connectivity index (χ1v) is 10.5. The topological polar surface area (TPSA) is 84.4 Å². The van der Waals surface area contributed by atoms with E-state index in [2.05, 4.69) is 21.4 Å². The lowest BCUT2D eigenvalue weighted by molar-refractivity contribution is -0.121. The zero-order valence-corrected chi connectivity index (χ0v) is 17.0. The number of hydrogen-bond acceptors (Lipinski definition) is 7. The summed E-state index contributed by atoms with van der Waals surface area (Å²) in [7, 11) is 1.69. The molecule has 0 saturated carbocycles. The molecule has 7 nitrogen and oxygen atoms in total. The van der Waals surface area contributed by atoms with Crippen LogP contribution in [0.5, 0.6) is 5.75 Å². The fraction of sp³-hybridized carbons (Fsp3) is 0.263. The van der Waals surface area contributed by atoms with E-state index in [1.54, 1.807) is 54.7 Å². The number of thiophene rings is 1. The summed E-state index contributed by atoms with van der Waals surface area (Å²) in [5.74, 6) is 1.03. The number of benzene rings is 1. The van der Waals surface area contributed by atoms with E-state index in [0.29, 0.717) is 29.3 Å². The highest BCUT2D eigenvalue weighted by molar-refractivity contribution is 7.99. The van der Waals surface area contributed by atoms with Gasteiger partial charge in [-0.05, 0) is 31.2 Å². The van der Waals surface area contributed by atoms with Crippen LogP contribution < -0.4 is 15.0 Å². The van der Waals surface area contributed by atoms with Crippen molar-refractivity contribution in [1.29, 1.82) is 0 Å². The average Bonchev–Trinajstić information content (AvgIpc) is 3.06. The van der Waals surface area contributed by atoms with Crippen LogP contribution >= 0.6 is 23.1 Å². The maximum Gasteiger partial charge on any atom is 0.264 e. The Hall–Kier alpha value is -2.65. The highest BCUT2D eigenvalue weighted by atomic mass is 32.2. The molecule has 1 aliphatic rings. The van der Waals surface area contributed by atoms with E-state index < -0.39 is 0 Å². The van der Waals surface area contributed by atoms with Crippen molar-refractivity contribution in [3.8, 4) is 5.75 Å². The fourth-order valence-electron chi connectivity index (χ4n) is 2.88. The largest absolute Gasteiger partial charge is 0.482 e. The molecule has 28 heavy (non-hydrogen) atoms. The number of anilines is 2. The third-order valence-corrected chi connectivity index (χ3v) is 6.28. The fourth-order valence-corrected chi connectivity index (χ4v) is 4.71. The second kappa shape index (κ2) is 7.76. The van der Waals surface area contributed by atoms with Crippen molar-refractivity contribution >= 4 is 56.5 Å². The van der Waals surface area contributed by atoms with Gasteiger partial charge in [0.05, 0.1) is 5.69 Å². The lowest BCUT2D eigenvalue weighted by Gasteiger charge is -2.26. The Labute approximate surface area is 170 Å². The van der Waals surface area contributed by atoms with E-state index in [-0.39, 0.29) is 18.4 Å². The molecule has 1 N–H and O–H groups in total. The van der Waals surface area contributed by atoms with Crippen molar-refractivity contribution in [2.45, 2.75) is 18.4 Å². The molecule has 4 rings (SSSR count). The molecule has 3 aromatic rings. The van der Waals surface area contributed by atoms with Crippen LogP contribution in [0.1, 0.15) is 11.3 Å². The number of carbonyl (C=O) groups is 2. The molecule has 0 saturated heterocycles. The van der Waals surface area contributed by atoms with Gasteiger partial charge in [0.25, 0.3) is 5.91 Å². The molecule has 2 aromatic heterocycles. The summed E-state index contributed by atoms with van der Waals surface area (Å²) in [6.07, 6.45) is 1.91. The standard InChI is InChI=1S/C19H18N4O3S2/c1-11-7-13-18(20-10-21-19(13)28-11)27-6-5-16(24)22-12-3-4-15-14(8-12)23(2)17(25)9-26-15/h3-4,7-8,10H,5-6,9H2,1-2H3,(H,22,24). The summed E-state index contributed by atoms with van der Waals surface area (Å²) in [5, 5.41) is 4.81. The van der Waals surface area contributed by atoms with Gasteiger partial charge >= 0.3 is 0 Å². The Morgan fingerprint density at radius 1 is 1.36 bits per heavy atom. The minimum atomic E-state index is -0.118. The highest BCUT2D eigenvalue weighted by Gasteiger charge is 2.22. The minimum Gasteiger partial charge on any atom is -0.482 e. The number of aryl methyl sites for hydroxylation is 1. The van der Waals surface area contributed by atoms with Crippen molar-refractivity contribution in [3.05, 3.63) is 35.5 Å². The first-order valence-electron chi connectivity index (χ1n) is 8.68. The Balaban J connectivity index is 1.37. The minimum absolute atomic E-state index is 0.0341. The third kappa shape index (κ3) is 3.81. The zero-order chi connectivity index (χ0) is 19.7. The van der Waals surface area contributed by atoms with Crippen molar-refractivity contribution < 1.29 is 14.3 Å². The second-order valence-corrected chi connectivity index (χ2v) is 8.64. The molecule has 0 fully saturated rings. The number of aromatic nitrogens is 2. The van der Waals surface area contributed by atoms with Crippen LogP contribution in [0.4, 0.5) is 11.4 Å². The molecule has 0 radical (unpaired) electrons. The van der Waals surface area contributed by atoms with Crippen LogP contribution in [-0.4, -0.2) is 41.2 Å². The number of ether oxygens (including phenoxy) is 1. The number of nitrogens with one attached hydrogen (secondary N) is 1. The highest BCUT2D eigenvalue weighted by Crippen LogP contribution is 2.34. The van der Waals surface area contributed by atoms with Gasteiger partial charge in [-0.25, -0.2) is 9.97 Å². The van der Waals surface area contributed by atoms with Crippen LogP contribution in [0.25, 0.3) is 10.2 Å². The van der Waals surface area contributed by atoms with Gasteiger partial charge in [-0.2, -0.15) is 0 Å². The Kier molecular flexibility index (Phi) is 5.19. The Morgan fingerprint density at radius 3 is 3.07 bits per heavy atom. The van der Waals surface area contributed by atoms with Gasteiger partial charge in [-0.3, -0.25) is 9.59 Å². The monoisotopic (exact) mass is 414 g/mol. The molecule has 9 heteroatoms. The van der Waals surface area contributed by atoms with Crippen molar-refractivity contribution in [1.82, 2.24) is 9.97 Å². The van der Waals surface area contributed by atoms with Crippen molar-refractivity contribution in [3.63, 3.8) is 0 Å². The number of amides is 2. The van der Waals surface area contributed by atoms with E-state index in [4.69, 9.17) is 4.74 Å². The smallest absolute Gasteiger partial charge is 0.264 e. The molecular weight excluding hydrogens is 396 g/mol.